The van der Waals surface area contributed by atoms with Gasteiger partial charge in [-0.1, -0.05) is 10.7 Å². The molecule has 5 N–H and O–H groups in total. The fourth-order valence-electron chi connectivity index (χ4n) is 3.21. The predicted octanol–water partition coefficient (Wildman–Crippen LogP) is 1.56. The second-order valence-corrected chi connectivity index (χ2v) is 7.74. The summed E-state index contributed by atoms with van der Waals surface area (Å²) < 4.78 is 44.8. The average Bonchev–Trinajstić information content (AvgIpc) is 3.25. The first kappa shape index (κ1) is 21.8. The summed E-state index contributed by atoms with van der Waals surface area (Å²) in [6.07, 6.45) is -4.61. The molecule has 14 heteroatoms. The van der Waals surface area contributed by atoms with E-state index in [1.54, 1.807) is 0 Å². The summed E-state index contributed by atoms with van der Waals surface area (Å²) in [5.74, 6) is -1.14. The third kappa shape index (κ3) is 3.64. The van der Waals surface area contributed by atoms with Crippen LogP contribution in [0.2, 0.25) is 0 Å². The fourth-order valence-corrected chi connectivity index (χ4v) is 4.21. The van der Waals surface area contributed by atoms with Gasteiger partial charge in [0.25, 0.3) is 0 Å². The highest BCUT2D eigenvalue weighted by molar-refractivity contribution is 7.21. The summed E-state index contributed by atoms with van der Waals surface area (Å²) in [5, 5.41) is 24.8. The third-order valence-electron chi connectivity index (χ3n) is 4.66. The first-order chi connectivity index (χ1) is 15.5. The highest BCUT2D eigenvalue weighted by Crippen LogP contribution is 2.41. The number of alkyl halides is 3. The van der Waals surface area contributed by atoms with Crippen molar-refractivity contribution in [1.82, 2.24) is 10.3 Å². The van der Waals surface area contributed by atoms with Gasteiger partial charge in [0.15, 0.2) is 7.05 Å². The van der Waals surface area contributed by atoms with Crippen LogP contribution in [-0.4, -0.2) is 16.2 Å². The predicted molar refractivity (Wildman–Crippen MR) is 110 cm³/mol. The number of nitriles is 1. The summed E-state index contributed by atoms with van der Waals surface area (Å²) in [6.45, 7) is 0. The monoisotopic (exact) mass is 475 g/mol. The van der Waals surface area contributed by atoms with E-state index in [0.717, 1.165) is 29.5 Å². The van der Waals surface area contributed by atoms with Crippen molar-refractivity contribution in [1.29, 1.82) is 5.26 Å². The van der Waals surface area contributed by atoms with Gasteiger partial charge in [-0.15, -0.1) is 11.3 Å². The van der Waals surface area contributed by atoms with Gasteiger partial charge in [-0.2, -0.15) is 18.4 Å². The number of pyridine rings is 1. The Morgan fingerprint density at radius 2 is 2.12 bits per heavy atom. The van der Waals surface area contributed by atoms with Crippen LogP contribution in [-0.2, 0) is 13.2 Å². The van der Waals surface area contributed by atoms with Crippen molar-refractivity contribution in [3.63, 3.8) is 0 Å². The zero-order valence-corrected chi connectivity index (χ0v) is 17.3. The number of nitrogen functional groups attached to an aromatic ring is 2. The first-order valence-electron chi connectivity index (χ1n) is 8.95. The van der Waals surface area contributed by atoms with Crippen LogP contribution in [0.4, 0.5) is 30.4 Å². The fraction of sp³-hybridized carbons (Fsp3) is 0.105. The molecule has 0 aliphatic carbocycles. The van der Waals surface area contributed by atoms with E-state index >= 15 is 0 Å². The average molecular weight is 475 g/mol. The van der Waals surface area contributed by atoms with Gasteiger partial charge in [0.05, 0.1) is 32.8 Å². The molecule has 3 heterocycles. The van der Waals surface area contributed by atoms with Crippen molar-refractivity contribution < 1.29 is 27.5 Å². The number of hydrogen-bond donors (Lipinski definition) is 3. The minimum absolute atomic E-state index is 0.00405. The Bertz CT molecular complexity index is 1540. The smallest absolute Gasteiger partial charge is 0.435 e. The molecule has 0 radical (unpaired) electrons. The van der Waals surface area contributed by atoms with Gasteiger partial charge < -0.3 is 16.6 Å². The van der Waals surface area contributed by atoms with Crippen molar-refractivity contribution in [3.8, 4) is 17.3 Å². The molecule has 0 bridgehead atoms. The number of hydrogen-bond acceptors (Lipinski definition) is 9. The molecule has 10 nitrogen and oxygen atoms in total. The molecule has 33 heavy (non-hydrogen) atoms. The van der Waals surface area contributed by atoms with E-state index in [1.807, 2.05) is 6.07 Å². The Kier molecular flexibility index (Phi) is 5.05. The van der Waals surface area contributed by atoms with Crippen molar-refractivity contribution >= 4 is 44.6 Å². The first-order valence-corrected chi connectivity index (χ1v) is 9.77. The van der Waals surface area contributed by atoms with Crippen molar-refractivity contribution in [2.75, 3.05) is 11.5 Å². The van der Waals surface area contributed by atoms with E-state index in [0.29, 0.717) is 0 Å². The van der Waals surface area contributed by atoms with E-state index in [9.17, 15) is 28.3 Å². The summed E-state index contributed by atoms with van der Waals surface area (Å²) in [4.78, 5) is 20.1. The summed E-state index contributed by atoms with van der Waals surface area (Å²) in [5.41, 5.74) is 9.63. The quantitative estimate of drug-likeness (QED) is 0.229. The molecule has 3 aromatic heterocycles. The number of aromatic nitrogens is 3. The Morgan fingerprint density at radius 1 is 1.39 bits per heavy atom. The van der Waals surface area contributed by atoms with Gasteiger partial charge in [-0.3, -0.25) is 9.52 Å². The number of benzene rings is 1. The van der Waals surface area contributed by atoms with Crippen LogP contribution in [0.3, 0.4) is 0 Å². The minimum atomic E-state index is -4.61. The molecule has 0 saturated heterocycles. The van der Waals surface area contributed by atoms with Crippen LogP contribution < -0.4 is 26.9 Å². The lowest BCUT2D eigenvalue weighted by Crippen LogP contribution is -2.34. The molecule has 4 rings (SSSR count). The molecule has 4 aromatic rings. The van der Waals surface area contributed by atoms with Gasteiger partial charge in [0.2, 0.25) is 0 Å². The molecule has 0 unspecified atom stereocenters. The number of H-pyrrole nitrogens is 1. The highest BCUT2D eigenvalue weighted by Gasteiger charge is 2.32. The molecule has 168 valence electrons. The molecule has 0 amide bonds. The van der Waals surface area contributed by atoms with Crippen molar-refractivity contribution in [3.05, 3.63) is 50.7 Å². The number of rotatable bonds is 3. The molecule has 0 atom stereocenters. The van der Waals surface area contributed by atoms with Crippen LogP contribution in [0.25, 0.3) is 21.5 Å². The zero-order chi connectivity index (χ0) is 24.1. The number of aromatic amines is 1. The van der Waals surface area contributed by atoms with Crippen LogP contribution in [0.1, 0.15) is 16.0 Å². The maximum Gasteiger partial charge on any atom is 0.435 e. The lowest BCUT2D eigenvalue weighted by atomic mass is 10.0. The number of nitrogens with two attached hydrogens (primary N) is 2. The minimum Gasteiger partial charge on any atom is -0.858 e. The van der Waals surface area contributed by atoms with E-state index in [4.69, 9.17) is 16.0 Å². The number of thiophene rings is 1. The van der Waals surface area contributed by atoms with E-state index in [1.165, 1.54) is 17.8 Å². The van der Waals surface area contributed by atoms with Gasteiger partial charge >= 0.3 is 17.5 Å². The van der Waals surface area contributed by atoms with E-state index in [2.05, 4.69) is 15.2 Å². The van der Waals surface area contributed by atoms with Crippen molar-refractivity contribution in [2.45, 2.75) is 6.18 Å². The topological polar surface area (TPSA) is 174 Å². The lowest BCUT2D eigenvalue weighted by Gasteiger charge is -2.11. The molecule has 0 aliphatic rings. The number of halogens is 3. The standard InChI is InChI=1S/C19H12F3N7O3S/c1-29-13(18(31)32-28-29)10-9(6-23)15(25)27-17-11(10)12(24)14(33-17)16(30)26-8-4-2-3-7(5-8)19(20,21)22/h2-5H,1H3,(H5-,24,25,26,27,28,30,31). The van der Waals surface area contributed by atoms with E-state index < -0.39 is 23.3 Å². The molecule has 0 spiro atoms. The Morgan fingerprint density at radius 3 is 2.73 bits per heavy atom. The van der Waals surface area contributed by atoms with Gasteiger partial charge in [0.1, 0.15) is 22.3 Å². The maximum atomic E-state index is 13.0. The Labute approximate surface area is 185 Å². The number of anilines is 2. The number of nitrogens with one attached hydrogen (secondary N) is 1. The molecule has 1 aromatic carbocycles. The van der Waals surface area contributed by atoms with Crippen LogP contribution >= 0.6 is 11.3 Å². The van der Waals surface area contributed by atoms with Crippen LogP contribution in [0, 0.1) is 11.3 Å². The van der Waals surface area contributed by atoms with Crippen LogP contribution in [0.5, 0.6) is 0 Å². The second kappa shape index (κ2) is 7.64. The molecule has 0 fully saturated rings. The van der Waals surface area contributed by atoms with E-state index in [-0.39, 0.29) is 49.1 Å². The SMILES string of the molecule is C[n+]1[nH]oc(=O)c1-c1c(C#N)c(N)nc2sc(C([O-])=Nc3cccc(C(F)(F)F)c3)c(N)c12. The lowest BCUT2D eigenvalue weighted by molar-refractivity contribution is -0.730. The Hall–Kier alpha value is -4.38. The summed E-state index contributed by atoms with van der Waals surface area (Å²) in [6, 6.07) is 5.79. The summed E-state index contributed by atoms with van der Waals surface area (Å²) >= 11 is 0.774. The normalized spacial score (nSPS) is 12.3. The number of nitrogens with zero attached hydrogens (tertiary/aromatic N) is 4. The molecule has 0 aliphatic heterocycles. The maximum absolute atomic E-state index is 13.0. The van der Waals surface area contributed by atoms with Crippen LogP contribution in [0.15, 0.2) is 38.6 Å². The number of aliphatic imine (C=N–C) groups is 1. The molecule has 0 saturated carbocycles. The Balaban J connectivity index is 1.96. The van der Waals surface area contributed by atoms with Gasteiger partial charge in [-0.05, 0) is 23.5 Å². The van der Waals surface area contributed by atoms with Crippen molar-refractivity contribution in [2.24, 2.45) is 12.0 Å². The summed E-state index contributed by atoms with van der Waals surface area (Å²) in [7, 11) is 1.45. The molecular formula is C19H12F3N7O3S. The zero-order valence-electron chi connectivity index (χ0n) is 16.5. The third-order valence-corrected chi connectivity index (χ3v) is 5.74. The van der Waals surface area contributed by atoms with Gasteiger partial charge in [0, 0.05) is 5.90 Å². The molecular weight excluding hydrogens is 463 g/mol. The number of aryl methyl sites for hydroxylation is 1. The second-order valence-electron chi connectivity index (χ2n) is 6.74. The largest absolute Gasteiger partial charge is 0.858 e. The number of fused-ring (bicyclic) bond motifs is 1. The van der Waals surface area contributed by atoms with Gasteiger partial charge in [-0.25, -0.2) is 9.78 Å². The highest BCUT2D eigenvalue weighted by atomic mass is 32.1.